The van der Waals surface area contributed by atoms with E-state index in [-0.39, 0.29) is 30.0 Å². The quantitative estimate of drug-likeness (QED) is 0.729. The topological polar surface area (TPSA) is 58.4 Å². The van der Waals surface area contributed by atoms with Crippen molar-refractivity contribution >= 4 is 5.91 Å². The van der Waals surface area contributed by atoms with E-state index in [9.17, 15) is 9.90 Å². The Morgan fingerprint density at radius 3 is 2.55 bits per heavy atom. The molecule has 2 aliphatic rings. The molecule has 29 heavy (non-hydrogen) atoms. The van der Waals surface area contributed by atoms with Gasteiger partial charge in [0.15, 0.2) is 0 Å². The second kappa shape index (κ2) is 7.16. The zero-order valence-corrected chi connectivity index (χ0v) is 16.3. The summed E-state index contributed by atoms with van der Waals surface area (Å²) in [6, 6.07) is 20.1. The van der Waals surface area contributed by atoms with Gasteiger partial charge in [0.05, 0.1) is 12.3 Å². The maximum atomic E-state index is 13.4. The first kappa shape index (κ1) is 18.1. The molecule has 2 saturated heterocycles. The molecule has 1 amide bonds. The van der Waals surface area contributed by atoms with Crippen molar-refractivity contribution in [3.05, 3.63) is 84.2 Å². The van der Waals surface area contributed by atoms with Gasteiger partial charge in [-0.05, 0) is 61.6 Å². The van der Waals surface area contributed by atoms with Crippen LogP contribution in [0.15, 0.2) is 73.1 Å². The zero-order chi connectivity index (χ0) is 19.8. The van der Waals surface area contributed by atoms with Crippen LogP contribution < -0.4 is 0 Å². The summed E-state index contributed by atoms with van der Waals surface area (Å²) in [7, 11) is 0. The summed E-state index contributed by atoms with van der Waals surface area (Å²) in [6.45, 7) is 0.116. The summed E-state index contributed by atoms with van der Waals surface area (Å²) in [5.74, 6) is 0.0768. The first-order chi connectivity index (χ1) is 14.2. The van der Waals surface area contributed by atoms with E-state index in [1.165, 1.54) is 5.56 Å². The fourth-order valence-electron chi connectivity index (χ4n) is 5.34. The number of fused-ring (bicyclic) bond motifs is 2. The van der Waals surface area contributed by atoms with Gasteiger partial charge in [-0.25, -0.2) is 4.68 Å². The van der Waals surface area contributed by atoms with Crippen LogP contribution in [0.1, 0.15) is 35.2 Å². The van der Waals surface area contributed by atoms with E-state index < -0.39 is 0 Å². The van der Waals surface area contributed by atoms with E-state index in [0.717, 1.165) is 31.4 Å². The predicted molar refractivity (Wildman–Crippen MR) is 111 cm³/mol. The lowest BCUT2D eigenvalue weighted by atomic mass is 9.70. The Hall–Kier alpha value is -2.92. The summed E-state index contributed by atoms with van der Waals surface area (Å²) in [4.78, 5) is 15.4. The summed E-state index contributed by atoms with van der Waals surface area (Å²) in [5.41, 5.74) is 2.62. The first-order valence-electron chi connectivity index (χ1n) is 10.3. The lowest BCUT2D eigenvalue weighted by Gasteiger charge is -2.36. The van der Waals surface area contributed by atoms with Gasteiger partial charge in [0, 0.05) is 35.5 Å². The standard InChI is InChI=1S/C24H25N3O2/c28-17-24(15-18-5-2-1-3-6-18)16-21-11-12-22(24)27(21)23(29)19-7-9-20(10-8-19)26-14-4-13-25-26/h1-10,13-14,21-22,28H,11-12,15-17H2/t21-,22+,24-/m1/s1. The van der Waals surface area contributed by atoms with Crippen molar-refractivity contribution in [1.82, 2.24) is 14.7 Å². The second-order valence-electron chi connectivity index (χ2n) is 8.34. The number of carbonyl (C=O) groups is 1. The van der Waals surface area contributed by atoms with Crippen molar-refractivity contribution in [3.63, 3.8) is 0 Å². The highest BCUT2D eigenvalue weighted by atomic mass is 16.3. The molecule has 3 heterocycles. The Morgan fingerprint density at radius 2 is 1.86 bits per heavy atom. The van der Waals surface area contributed by atoms with Crippen LogP contribution in [0.2, 0.25) is 0 Å². The van der Waals surface area contributed by atoms with E-state index in [1.54, 1.807) is 10.9 Å². The lowest BCUT2D eigenvalue weighted by Crippen LogP contribution is -2.43. The molecule has 3 atom stereocenters. The lowest BCUT2D eigenvalue weighted by molar-refractivity contribution is 0.0571. The Morgan fingerprint density at radius 1 is 1.07 bits per heavy atom. The molecule has 0 radical (unpaired) electrons. The molecule has 2 aliphatic heterocycles. The van der Waals surface area contributed by atoms with Crippen LogP contribution in [0, 0.1) is 5.41 Å². The van der Waals surface area contributed by atoms with Gasteiger partial charge in [-0.3, -0.25) is 4.79 Å². The Kier molecular flexibility index (Phi) is 4.47. The molecule has 5 rings (SSSR count). The van der Waals surface area contributed by atoms with Crippen molar-refractivity contribution in [2.45, 2.75) is 37.8 Å². The van der Waals surface area contributed by atoms with Crippen molar-refractivity contribution in [3.8, 4) is 5.69 Å². The molecule has 148 valence electrons. The molecule has 2 aromatic carbocycles. The number of nitrogens with zero attached hydrogens (tertiary/aromatic N) is 3. The van der Waals surface area contributed by atoms with E-state index in [4.69, 9.17) is 0 Å². The van der Waals surface area contributed by atoms with Gasteiger partial charge in [-0.15, -0.1) is 0 Å². The van der Waals surface area contributed by atoms with Crippen LogP contribution in [0.3, 0.4) is 0 Å². The number of rotatable bonds is 5. The number of amides is 1. The molecule has 3 aromatic rings. The number of aliphatic hydroxyl groups excluding tert-OH is 1. The zero-order valence-electron chi connectivity index (χ0n) is 16.3. The minimum Gasteiger partial charge on any atom is -0.396 e. The fraction of sp³-hybridized carbons (Fsp3) is 0.333. The Labute approximate surface area is 170 Å². The third-order valence-electron chi connectivity index (χ3n) is 6.68. The Balaban J connectivity index is 1.39. The largest absolute Gasteiger partial charge is 0.396 e. The predicted octanol–water partition coefficient (Wildman–Crippen LogP) is 3.47. The molecule has 0 saturated carbocycles. The monoisotopic (exact) mass is 387 g/mol. The van der Waals surface area contributed by atoms with Gasteiger partial charge >= 0.3 is 0 Å². The van der Waals surface area contributed by atoms with E-state index in [2.05, 4.69) is 22.1 Å². The normalized spacial score (nSPS) is 25.5. The van der Waals surface area contributed by atoms with Crippen LogP contribution in [-0.4, -0.2) is 44.4 Å². The SMILES string of the molecule is O=C(c1ccc(-n2cccn2)cc1)N1[C@@H]2CC[C@H]1[C@](CO)(Cc1ccccc1)C2. The highest BCUT2D eigenvalue weighted by molar-refractivity contribution is 5.95. The van der Waals surface area contributed by atoms with Gasteiger partial charge in [0.25, 0.3) is 5.91 Å². The van der Waals surface area contributed by atoms with Crippen LogP contribution in [-0.2, 0) is 6.42 Å². The molecule has 0 aliphatic carbocycles. The maximum absolute atomic E-state index is 13.4. The van der Waals surface area contributed by atoms with Crippen LogP contribution in [0.5, 0.6) is 0 Å². The molecule has 1 N–H and O–H groups in total. The van der Waals surface area contributed by atoms with Crippen molar-refractivity contribution in [2.75, 3.05) is 6.61 Å². The van der Waals surface area contributed by atoms with Crippen molar-refractivity contribution < 1.29 is 9.90 Å². The van der Waals surface area contributed by atoms with Crippen molar-refractivity contribution in [2.24, 2.45) is 5.41 Å². The molecule has 2 bridgehead atoms. The van der Waals surface area contributed by atoms with Gasteiger partial charge in [-0.1, -0.05) is 30.3 Å². The van der Waals surface area contributed by atoms with Crippen molar-refractivity contribution in [1.29, 1.82) is 0 Å². The molecule has 2 fully saturated rings. The Bertz CT molecular complexity index is 985. The average Bonchev–Trinajstić information content (AvgIpc) is 3.50. The van der Waals surface area contributed by atoms with Crippen LogP contribution in [0.25, 0.3) is 5.69 Å². The number of carbonyl (C=O) groups excluding carboxylic acids is 1. The molecule has 1 aromatic heterocycles. The highest BCUT2D eigenvalue weighted by Gasteiger charge is 2.57. The van der Waals surface area contributed by atoms with Crippen LogP contribution >= 0.6 is 0 Å². The summed E-state index contributed by atoms with van der Waals surface area (Å²) in [5, 5.41) is 14.6. The minimum absolute atomic E-state index is 0.0768. The van der Waals surface area contributed by atoms with E-state index in [0.29, 0.717) is 5.56 Å². The van der Waals surface area contributed by atoms with E-state index in [1.807, 2.05) is 54.7 Å². The third kappa shape index (κ3) is 3.06. The first-order valence-corrected chi connectivity index (χ1v) is 10.3. The summed E-state index contributed by atoms with van der Waals surface area (Å²) >= 11 is 0. The van der Waals surface area contributed by atoms with Gasteiger partial charge < -0.3 is 10.0 Å². The number of aromatic nitrogens is 2. The number of aliphatic hydroxyl groups is 1. The molecule has 0 spiro atoms. The number of hydrogen-bond donors (Lipinski definition) is 1. The molecule has 5 nitrogen and oxygen atoms in total. The number of hydrogen-bond acceptors (Lipinski definition) is 3. The van der Waals surface area contributed by atoms with Crippen LogP contribution in [0.4, 0.5) is 0 Å². The van der Waals surface area contributed by atoms with Gasteiger partial charge in [0.2, 0.25) is 0 Å². The maximum Gasteiger partial charge on any atom is 0.254 e. The second-order valence-corrected chi connectivity index (χ2v) is 8.34. The van der Waals surface area contributed by atoms with Gasteiger partial charge in [-0.2, -0.15) is 5.10 Å². The molecular weight excluding hydrogens is 362 g/mol. The molecule has 0 unspecified atom stereocenters. The van der Waals surface area contributed by atoms with Gasteiger partial charge in [0.1, 0.15) is 0 Å². The number of benzene rings is 2. The smallest absolute Gasteiger partial charge is 0.254 e. The third-order valence-corrected chi connectivity index (χ3v) is 6.68. The highest BCUT2D eigenvalue weighted by Crippen LogP contribution is 2.51. The molecular formula is C24H25N3O2. The average molecular weight is 387 g/mol. The van der Waals surface area contributed by atoms with E-state index >= 15 is 0 Å². The molecule has 5 heteroatoms. The summed E-state index contributed by atoms with van der Waals surface area (Å²) < 4.78 is 1.78. The fourth-order valence-corrected chi connectivity index (χ4v) is 5.34. The minimum atomic E-state index is -0.241. The summed E-state index contributed by atoms with van der Waals surface area (Å²) in [6.07, 6.45) is 7.31.